The number of nitrogens with two attached hydrogens (primary N) is 1. The van der Waals surface area contributed by atoms with Crippen molar-refractivity contribution in [1.82, 2.24) is 0 Å². The lowest BCUT2D eigenvalue weighted by Crippen LogP contribution is -2.23. The molecule has 0 spiro atoms. The topological polar surface area (TPSA) is 55.6 Å². The van der Waals surface area contributed by atoms with Crippen LogP contribution >= 0.6 is 0 Å². The molecule has 4 heteroatoms. The smallest absolute Gasteiger partial charge is 0.414 e. The third-order valence-corrected chi connectivity index (χ3v) is 2.44. The molecule has 80 valence electrons. The van der Waals surface area contributed by atoms with E-state index < -0.39 is 0 Å². The van der Waals surface area contributed by atoms with E-state index in [2.05, 4.69) is 0 Å². The summed E-state index contributed by atoms with van der Waals surface area (Å²) >= 11 is 0. The first-order chi connectivity index (χ1) is 7.31. The Balaban J connectivity index is 2.12. The molecule has 1 aromatic carbocycles. The molecule has 1 fully saturated rings. The maximum absolute atomic E-state index is 11.3. The maximum atomic E-state index is 11.3. The Kier molecular flexibility index (Phi) is 2.87. The maximum Gasteiger partial charge on any atom is 0.414 e. The molecule has 0 aliphatic carbocycles. The van der Waals surface area contributed by atoms with Gasteiger partial charge in [0.25, 0.3) is 0 Å². The molecule has 1 heterocycles. The molecule has 1 aliphatic heterocycles. The highest BCUT2D eigenvalue weighted by Crippen LogP contribution is 2.19. The van der Waals surface area contributed by atoms with Crippen LogP contribution in [0.2, 0.25) is 0 Å². The minimum Gasteiger partial charge on any atom is -0.447 e. The van der Waals surface area contributed by atoms with Gasteiger partial charge in [-0.2, -0.15) is 0 Å². The number of anilines is 1. The molecule has 1 aromatic rings. The van der Waals surface area contributed by atoms with Crippen molar-refractivity contribution < 1.29 is 9.53 Å². The van der Waals surface area contributed by atoms with Gasteiger partial charge in [-0.05, 0) is 30.7 Å². The van der Waals surface area contributed by atoms with Crippen LogP contribution in [-0.2, 0) is 11.2 Å². The van der Waals surface area contributed by atoms with E-state index in [9.17, 15) is 4.79 Å². The van der Waals surface area contributed by atoms with Gasteiger partial charge < -0.3 is 10.5 Å². The normalized spacial score (nSPS) is 15.5. The van der Waals surface area contributed by atoms with Crippen molar-refractivity contribution >= 4 is 11.8 Å². The number of amides is 1. The Bertz CT molecular complexity index is 348. The Morgan fingerprint density at radius 3 is 2.60 bits per heavy atom. The van der Waals surface area contributed by atoms with Crippen LogP contribution in [0.3, 0.4) is 0 Å². The second-order valence-electron chi connectivity index (χ2n) is 3.47. The van der Waals surface area contributed by atoms with Gasteiger partial charge >= 0.3 is 6.09 Å². The highest BCUT2D eigenvalue weighted by molar-refractivity contribution is 5.89. The van der Waals surface area contributed by atoms with Gasteiger partial charge in [0.15, 0.2) is 0 Å². The quantitative estimate of drug-likeness (QED) is 0.807. The zero-order valence-corrected chi connectivity index (χ0v) is 8.48. The van der Waals surface area contributed by atoms with Crippen molar-refractivity contribution in [2.24, 2.45) is 5.73 Å². The van der Waals surface area contributed by atoms with Gasteiger partial charge in [0.1, 0.15) is 6.61 Å². The van der Waals surface area contributed by atoms with E-state index in [-0.39, 0.29) is 6.09 Å². The van der Waals surface area contributed by atoms with Crippen LogP contribution in [0.15, 0.2) is 24.3 Å². The molecule has 4 nitrogen and oxygen atoms in total. The van der Waals surface area contributed by atoms with Crippen LogP contribution in [0.25, 0.3) is 0 Å². The summed E-state index contributed by atoms with van der Waals surface area (Å²) in [5, 5.41) is 0. The lowest BCUT2D eigenvalue weighted by atomic mass is 10.1. The number of nitrogens with zero attached hydrogens (tertiary/aromatic N) is 1. The molecule has 1 saturated heterocycles. The fourth-order valence-electron chi connectivity index (χ4n) is 1.64. The molecule has 0 bridgehead atoms. The Morgan fingerprint density at radius 1 is 1.33 bits per heavy atom. The standard InChI is InChI=1S/C11H14N2O2/c12-6-5-9-1-3-10(4-2-9)13-7-8-15-11(13)14/h1-4H,5-8,12H2. The number of carbonyl (C=O) groups is 1. The van der Waals surface area contributed by atoms with Gasteiger partial charge in [0.2, 0.25) is 0 Å². The van der Waals surface area contributed by atoms with Crippen LogP contribution in [0, 0.1) is 0 Å². The fraction of sp³-hybridized carbons (Fsp3) is 0.364. The van der Waals surface area contributed by atoms with Gasteiger partial charge in [-0.1, -0.05) is 12.1 Å². The van der Waals surface area contributed by atoms with Crippen molar-refractivity contribution in [3.63, 3.8) is 0 Å². The van der Waals surface area contributed by atoms with Crippen LogP contribution in [0.4, 0.5) is 10.5 Å². The number of benzene rings is 1. The average molecular weight is 206 g/mol. The Morgan fingerprint density at radius 2 is 2.07 bits per heavy atom. The summed E-state index contributed by atoms with van der Waals surface area (Å²) in [6.07, 6.45) is 0.603. The highest BCUT2D eigenvalue weighted by Gasteiger charge is 2.22. The van der Waals surface area contributed by atoms with Gasteiger partial charge in [-0.15, -0.1) is 0 Å². The molecule has 0 unspecified atom stereocenters. The number of carbonyl (C=O) groups excluding carboxylic acids is 1. The SMILES string of the molecule is NCCc1ccc(N2CCOC2=O)cc1. The van der Waals surface area contributed by atoms with Gasteiger partial charge in [0.05, 0.1) is 6.54 Å². The Hall–Kier alpha value is -1.55. The highest BCUT2D eigenvalue weighted by atomic mass is 16.6. The number of rotatable bonds is 3. The average Bonchev–Trinajstić information content (AvgIpc) is 2.66. The van der Waals surface area contributed by atoms with Gasteiger partial charge in [-0.3, -0.25) is 4.90 Å². The number of ether oxygens (including phenoxy) is 1. The molecule has 0 aromatic heterocycles. The van der Waals surface area contributed by atoms with Crippen molar-refractivity contribution in [1.29, 1.82) is 0 Å². The van der Waals surface area contributed by atoms with Gasteiger partial charge in [-0.25, -0.2) is 4.79 Å². The van der Waals surface area contributed by atoms with E-state index >= 15 is 0 Å². The molecule has 2 N–H and O–H groups in total. The molecular formula is C11H14N2O2. The largest absolute Gasteiger partial charge is 0.447 e. The first kappa shape index (κ1) is 9.98. The third kappa shape index (κ3) is 2.10. The van der Waals surface area contributed by atoms with E-state index in [0.717, 1.165) is 12.1 Å². The predicted octanol–water partition coefficient (Wildman–Crippen LogP) is 1.14. The van der Waals surface area contributed by atoms with Crippen molar-refractivity contribution in [3.8, 4) is 0 Å². The van der Waals surface area contributed by atoms with E-state index in [1.807, 2.05) is 24.3 Å². The first-order valence-electron chi connectivity index (χ1n) is 5.04. The summed E-state index contributed by atoms with van der Waals surface area (Å²) in [6.45, 7) is 1.75. The molecule has 15 heavy (non-hydrogen) atoms. The van der Waals surface area contributed by atoms with E-state index in [1.54, 1.807) is 4.90 Å². The van der Waals surface area contributed by atoms with Gasteiger partial charge in [0, 0.05) is 5.69 Å². The summed E-state index contributed by atoms with van der Waals surface area (Å²) in [5.41, 5.74) is 7.53. The number of hydrogen-bond donors (Lipinski definition) is 1. The summed E-state index contributed by atoms with van der Waals surface area (Å²) in [4.78, 5) is 12.9. The van der Waals surface area contributed by atoms with Crippen LogP contribution in [0.1, 0.15) is 5.56 Å². The van der Waals surface area contributed by atoms with Crippen LogP contribution in [0.5, 0.6) is 0 Å². The Labute approximate surface area is 88.6 Å². The molecule has 2 rings (SSSR count). The van der Waals surface area contributed by atoms with E-state index in [0.29, 0.717) is 19.7 Å². The first-order valence-corrected chi connectivity index (χ1v) is 5.04. The minimum absolute atomic E-state index is 0.262. The van der Waals surface area contributed by atoms with E-state index in [4.69, 9.17) is 10.5 Å². The number of hydrogen-bond acceptors (Lipinski definition) is 3. The van der Waals surface area contributed by atoms with Crippen LogP contribution in [-0.4, -0.2) is 25.8 Å². The summed E-state index contributed by atoms with van der Waals surface area (Å²) in [6, 6.07) is 7.84. The molecule has 1 amide bonds. The third-order valence-electron chi connectivity index (χ3n) is 2.44. The molecular weight excluding hydrogens is 192 g/mol. The summed E-state index contributed by atoms with van der Waals surface area (Å²) < 4.78 is 4.86. The lowest BCUT2D eigenvalue weighted by molar-refractivity contribution is 0.181. The lowest BCUT2D eigenvalue weighted by Gasteiger charge is -2.12. The van der Waals surface area contributed by atoms with Crippen molar-refractivity contribution in [2.45, 2.75) is 6.42 Å². The molecule has 0 radical (unpaired) electrons. The molecule has 1 aliphatic rings. The second-order valence-corrected chi connectivity index (χ2v) is 3.47. The fourth-order valence-corrected chi connectivity index (χ4v) is 1.64. The second kappa shape index (κ2) is 4.31. The number of cyclic esters (lactones) is 1. The van der Waals surface area contributed by atoms with Crippen molar-refractivity contribution in [2.75, 3.05) is 24.6 Å². The minimum atomic E-state index is -0.262. The predicted molar refractivity (Wildman–Crippen MR) is 57.9 cm³/mol. The summed E-state index contributed by atoms with van der Waals surface area (Å²) in [7, 11) is 0. The molecule has 0 atom stereocenters. The monoisotopic (exact) mass is 206 g/mol. The van der Waals surface area contributed by atoms with Crippen molar-refractivity contribution in [3.05, 3.63) is 29.8 Å². The molecule has 0 saturated carbocycles. The zero-order chi connectivity index (χ0) is 10.7. The summed E-state index contributed by atoms with van der Waals surface area (Å²) in [5.74, 6) is 0. The zero-order valence-electron chi connectivity index (χ0n) is 8.48. The van der Waals surface area contributed by atoms with E-state index in [1.165, 1.54) is 5.56 Å². The van der Waals surface area contributed by atoms with Crippen LogP contribution < -0.4 is 10.6 Å².